The Labute approximate surface area is 142 Å². The summed E-state index contributed by atoms with van der Waals surface area (Å²) >= 11 is 0. The quantitative estimate of drug-likeness (QED) is 0.883. The first-order valence-corrected chi connectivity index (χ1v) is 8.00. The van der Waals surface area contributed by atoms with Crippen molar-refractivity contribution in [2.24, 2.45) is 0 Å². The van der Waals surface area contributed by atoms with Crippen LogP contribution < -0.4 is 19.5 Å². The minimum Gasteiger partial charge on any atom is -0.508 e. The van der Waals surface area contributed by atoms with E-state index in [4.69, 9.17) is 14.2 Å². The van der Waals surface area contributed by atoms with Gasteiger partial charge in [-0.05, 0) is 60.3 Å². The average Bonchev–Trinajstić information content (AvgIpc) is 2.60. The number of fused-ring (bicyclic) bond motifs is 1. The largest absolute Gasteiger partial charge is 0.508 e. The van der Waals surface area contributed by atoms with Crippen molar-refractivity contribution in [3.05, 3.63) is 47.0 Å². The molecule has 1 aliphatic rings. The summed E-state index contributed by atoms with van der Waals surface area (Å²) in [5.41, 5.74) is 3.53. The molecule has 0 aromatic heterocycles. The molecule has 2 aromatic carbocycles. The normalized spacial score (nSPS) is 16.4. The van der Waals surface area contributed by atoms with Gasteiger partial charge in [0.25, 0.3) is 0 Å². The first kappa shape index (κ1) is 16.5. The monoisotopic (exact) mass is 329 g/mol. The molecule has 0 unspecified atom stereocenters. The van der Waals surface area contributed by atoms with E-state index in [9.17, 15) is 5.11 Å². The van der Waals surface area contributed by atoms with Gasteiger partial charge in [-0.25, -0.2) is 0 Å². The molecular formula is C19H23NO4. The molecule has 0 saturated heterocycles. The molecule has 24 heavy (non-hydrogen) atoms. The van der Waals surface area contributed by atoms with E-state index in [1.54, 1.807) is 27.4 Å². The SMILES string of the molecule is COc1cc(C[C@H]2NCCc3cc(O)ccc32)cc(OC)c1OC. The molecule has 0 radical (unpaired) electrons. The highest BCUT2D eigenvalue weighted by atomic mass is 16.5. The van der Waals surface area contributed by atoms with E-state index < -0.39 is 0 Å². The number of hydrogen-bond acceptors (Lipinski definition) is 5. The van der Waals surface area contributed by atoms with Crippen LogP contribution in [0.1, 0.15) is 22.7 Å². The second kappa shape index (κ2) is 7.01. The molecule has 1 aliphatic heterocycles. The third kappa shape index (κ3) is 3.12. The van der Waals surface area contributed by atoms with E-state index in [0.717, 1.165) is 24.9 Å². The van der Waals surface area contributed by atoms with Crippen LogP contribution in [0, 0.1) is 0 Å². The second-order valence-electron chi connectivity index (χ2n) is 5.88. The maximum Gasteiger partial charge on any atom is 0.203 e. The number of phenols is 1. The first-order valence-electron chi connectivity index (χ1n) is 8.00. The number of aromatic hydroxyl groups is 1. The summed E-state index contributed by atoms with van der Waals surface area (Å²) in [6, 6.07) is 9.76. The number of methoxy groups -OCH3 is 3. The van der Waals surface area contributed by atoms with E-state index in [-0.39, 0.29) is 6.04 Å². The standard InChI is InChI=1S/C19H23NO4/c1-22-17-9-12(10-18(23-2)19(17)24-3)8-16-15-5-4-14(21)11-13(15)6-7-20-16/h4-5,9-11,16,20-21H,6-8H2,1-3H3/t16-/m1/s1. The van der Waals surface area contributed by atoms with E-state index in [1.807, 2.05) is 24.3 Å². The van der Waals surface area contributed by atoms with Crippen LogP contribution in [0.5, 0.6) is 23.0 Å². The maximum atomic E-state index is 9.69. The van der Waals surface area contributed by atoms with Gasteiger partial charge in [-0.3, -0.25) is 0 Å². The van der Waals surface area contributed by atoms with Crippen molar-refractivity contribution in [1.82, 2.24) is 5.32 Å². The number of benzene rings is 2. The smallest absolute Gasteiger partial charge is 0.203 e. The van der Waals surface area contributed by atoms with Gasteiger partial charge in [0.15, 0.2) is 11.5 Å². The van der Waals surface area contributed by atoms with Crippen LogP contribution in [0.2, 0.25) is 0 Å². The molecule has 128 valence electrons. The van der Waals surface area contributed by atoms with Crippen molar-refractivity contribution in [2.45, 2.75) is 18.9 Å². The lowest BCUT2D eigenvalue weighted by Gasteiger charge is -2.27. The minimum absolute atomic E-state index is 0.192. The lowest BCUT2D eigenvalue weighted by Crippen LogP contribution is -2.31. The zero-order valence-corrected chi connectivity index (χ0v) is 14.3. The Bertz CT molecular complexity index is 704. The lowest BCUT2D eigenvalue weighted by molar-refractivity contribution is 0.323. The van der Waals surface area contributed by atoms with Crippen molar-refractivity contribution < 1.29 is 19.3 Å². The summed E-state index contributed by atoms with van der Waals surface area (Å²) < 4.78 is 16.2. The van der Waals surface area contributed by atoms with Crippen LogP contribution in [-0.2, 0) is 12.8 Å². The lowest BCUT2D eigenvalue weighted by atomic mass is 9.90. The topological polar surface area (TPSA) is 60.0 Å². The number of nitrogens with one attached hydrogen (secondary N) is 1. The van der Waals surface area contributed by atoms with Gasteiger partial charge in [0.05, 0.1) is 21.3 Å². The van der Waals surface area contributed by atoms with E-state index >= 15 is 0 Å². The summed E-state index contributed by atoms with van der Waals surface area (Å²) in [5, 5.41) is 13.2. The number of hydrogen-bond donors (Lipinski definition) is 2. The van der Waals surface area contributed by atoms with Gasteiger partial charge in [-0.2, -0.15) is 0 Å². The van der Waals surface area contributed by atoms with Gasteiger partial charge in [0.1, 0.15) is 5.75 Å². The zero-order valence-electron chi connectivity index (χ0n) is 14.3. The van der Waals surface area contributed by atoms with Crippen molar-refractivity contribution in [3.8, 4) is 23.0 Å². The van der Waals surface area contributed by atoms with Gasteiger partial charge in [0.2, 0.25) is 5.75 Å². The van der Waals surface area contributed by atoms with Crippen molar-refractivity contribution in [2.75, 3.05) is 27.9 Å². The fourth-order valence-corrected chi connectivity index (χ4v) is 3.31. The summed E-state index contributed by atoms with van der Waals surface area (Å²) in [7, 11) is 4.85. The Morgan fingerprint density at radius 2 is 1.75 bits per heavy atom. The molecular weight excluding hydrogens is 306 g/mol. The molecule has 2 N–H and O–H groups in total. The first-order chi connectivity index (χ1) is 11.7. The predicted octanol–water partition coefficient (Wildman–Crippen LogP) is 2.85. The molecule has 5 nitrogen and oxygen atoms in total. The molecule has 2 aromatic rings. The Morgan fingerprint density at radius 1 is 1.04 bits per heavy atom. The third-order valence-electron chi connectivity index (χ3n) is 4.45. The highest BCUT2D eigenvalue weighted by Crippen LogP contribution is 2.39. The fourth-order valence-electron chi connectivity index (χ4n) is 3.31. The molecule has 1 atom stereocenters. The van der Waals surface area contributed by atoms with Crippen LogP contribution >= 0.6 is 0 Å². The molecule has 3 rings (SSSR count). The van der Waals surface area contributed by atoms with Crippen LogP contribution in [0.25, 0.3) is 0 Å². The second-order valence-corrected chi connectivity index (χ2v) is 5.88. The third-order valence-corrected chi connectivity index (χ3v) is 4.45. The number of ether oxygens (including phenoxy) is 3. The highest BCUT2D eigenvalue weighted by molar-refractivity contribution is 5.54. The van der Waals surface area contributed by atoms with Crippen molar-refractivity contribution >= 4 is 0 Å². The minimum atomic E-state index is 0.192. The zero-order chi connectivity index (χ0) is 17.1. The molecule has 0 spiro atoms. The Hall–Kier alpha value is -2.40. The molecule has 1 heterocycles. The molecule has 5 heteroatoms. The predicted molar refractivity (Wildman–Crippen MR) is 92.4 cm³/mol. The molecule has 0 amide bonds. The van der Waals surface area contributed by atoms with Crippen LogP contribution in [-0.4, -0.2) is 33.0 Å². The maximum absolute atomic E-state index is 9.69. The van der Waals surface area contributed by atoms with Gasteiger partial charge < -0.3 is 24.6 Å². The highest BCUT2D eigenvalue weighted by Gasteiger charge is 2.22. The van der Waals surface area contributed by atoms with Gasteiger partial charge >= 0.3 is 0 Å². The summed E-state index contributed by atoms with van der Waals surface area (Å²) in [6.07, 6.45) is 1.73. The van der Waals surface area contributed by atoms with Crippen molar-refractivity contribution in [3.63, 3.8) is 0 Å². The van der Waals surface area contributed by atoms with Crippen molar-refractivity contribution in [1.29, 1.82) is 0 Å². The Kier molecular flexibility index (Phi) is 4.81. The van der Waals surface area contributed by atoms with E-state index in [2.05, 4.69) is 5.32 Å². The number of phenolic OH excluding ortho intramolecular Hbond substituents is 1. The molecule has 0 saturated carbocycles. The van der Waals surface area contributed by atoms with Gasteiger partial charge in [-0.15, -0.1) is 0 Å². The summed E-state index contributed by atoms with van der Waals surface area (Å²) in [4.78, 5) is 0. The number of rotatable bonds is 5. The van der Waals surface area contributed by atoms with E-state index in [0.29, 0.717) is 23.0 Å². The fraction of sp³-hybridized carbons (Fsp3) is 0.368. The van der Waals surface area contributed by atoms with Gasteiger partial charge in [0, 0.05) is 6.04 Å². The van der Waals surface area contributed by atoms with Crippen LogP contribution in [0.3, 0.4) is 0 Å². The molecule has 0 bridgehead atoms. The van der Waals surface area contributed by atoms with Crippen LogP contribution in [0.4, 0.5) is 0 Å². The average molecular weight is 329 g/mol. The summed E-state index contributed by atoms with van der Waals surface area (Å²) in [5.74, 6) is 2.25. The van der Waals surface area contributed by atoms with Gasteiger partial charge in [-0.1, -0.05) is 6.07 Å². The molecule has 0 aliphatic carbocycles. The summed E-state index contributed by atoms with van der Waals surface area (Å²) in [6.45, 7) is 0.894. The Morgan fingerprint density at radius 3 is 2.38 bits per heavy atom. The Balaban J connectivity index is 1.92. The molecule has 0 fully saturated rings. The van der Waals surface area contributed by atoms with E-state index in [1.165, 1.54) is 11.1 Å². The van der Waals surface area contributed by atoms with Crippen LogP contribution in [0.15, 0.2) is 30.3 Å².